The van der Waals surface area contributed by atoms with E-state index in [4.69, 9.17) is 16.6 Å². The summed E-state index contributed by atoms with van der Waals surface area (Å²) in [6.07, 6.45) is 3.51. The Bertz CT molecular complexity index is 621. The molecular weight excluding hydrogens is 278 g/mol. The van der Waals surface area contributed by atoms with Gasteiger partial charge in [0.1, 0.15) is 16.8 Å². The standard InChI is InChI=1S/C14H14ClN3S/c15-12-7-13(17-14(16-12)9-1-2-9)18-5-3-11-10(8-18)4-6-19-11/h4,6-7,9H,1-3,5,8H2. The van der Waals surface area contributed by atoms with Crippen LogP contribution in [0.3, 0.4) is 0 Å². The second-order valence-corrected chi connectivity index (χ2v) is 6.61. The number of anilines is 1. The molecule has 2 aliphatic rings. The van der Waals surface area contributed by atoms with Crippen LogP contribution >= 0.6 is 22.9 Å². The van der Waals surface area contributed by atoms with Gasteiger partial charge >= 0.3 is 0 Å². The van der Waals surface area contributed by atoms with Gasteiger partial charge in [-0.1, -0.05) is 11.6 Å². The number of fused-ring (bicyclic) bond motifs is 1. The van der Waals surface area contributed by atoms with Crippen molar-refractivity contribution in [3.8, 4) is 0 Å². The number of nitrogens with zero attached hydrogens (tertiary/aromatic N) is 3. The van der Waals surface area contributed by atoms with Crippen molar-refractivity contribution < 1.29 is 0 Å². The molecule has 0 radical (unpaired) electrons. The van der Waals surface area contributed by atoms with E-state index in [1.807, 2.05) is 17.4 Å². The number of rotatable bonds is 2. The molecule has 3 nitrogen and oxygen atoms in total. The lowest BCUT2D eigenvalue weighted by molar-refractivity contribution is 0.724. The fourth-order valence-corrected chi connectivity index (χ4v) is 3.63. The minimum absolute atomic E-state index is 0.541. The molecule has 1 aliphatic carbocycles. The van der Waals surface area contributed by atoms with E-state index in [9.17, 15) is 0 Å². The van der Waals surface area contributed by atoms with E-state index in [2.05, 4.69) is 21.3 Å². The largest absolute Gasteiger partial charge is 0.352 e. The number of halogens is 1. The maximum absolute atomic E-state index is 6.14. The molecular formula is C14H14ClN3S. The molecule has 5 heteroatoms. The SMILES string of the molecule is Clc1cc(N2CCc3sccc3C2)nc(C2CC2)n1. The predicted octanol–water partition coefficient (Wildman–Crippen LogP) is 3.63. The van der Waals surface area contributed by atoms with Gasteiger partial charge in [0.15, 0.2) is 0 Å². The average Bonchev–Trinajstić information content (AvgIpc) is 3.16. The predicted molar refractivity (Wildman–Crippen MR) is 78.1 cm³/mol. The van der Waals surface area contributed by atoms with Crippen LogP contribution in [0, 0.1) is 0 Å². The number of hydrogen-bond donors (Lipinski definition) is 0. The van der Waals surface area contributed by atoms with Crippen molar-refractivity contribution >= 4 is 28.8 Å². The van der Waals surface area contributed by atoms with Crippen LogP contribution < -0.4 is 4.90 Å². The van der Waals surface area contributed by atoms with Gasteiger partial charge in [0.05, 0.1) is 0 Å². The molecule has 2 aromatic heterocycles. The van der Waals surface area contributed by atoms with E-state index in [1.165, 1.54) is 23.3 Å². The molecule has 1 saturated carbocycles. The Morgan fingerprint density at radius 2 is 2.21 bits per heavy atom. The van der Waals surface area contributed by atoms with E-state index >= 15 is 0 Å². The molecule has 0 amide bonds. The Hall–Kier alpha value is -1.13. The van der Waals surface area contributed by atoms with Crippen molar-refractivity contribution in [1.29, 1.82) is 0 Å². The Kier molecular flexibility index (Phi) is 2.74. The minimum Gasteiger partial charge on any atom is -0.352 e. The van der Waals surface area contributed by atoms with Gasteiger partial charge in [0.2, 0.25) is 0 Å². The van der Waals surface area contributed by atoms with Gasteiger partial charge in [-0.3, -0.25) is 0 Å². The van der Waals surface area contributed by atoms with Crippen molar-refractivity contribution in [1.82, 2.24) is 9.97 Å². The molecule has 0 saturated heterocycles. The Morgan fingerprint density at radius 3 is 3.05 bits per heavy atom. The highest BCUT2D eigenvalue weighted by Gasteiger charge is 2.28. The zero-order valence-electron chi connectivity index (χ0n) is 10.5. The first kappa shape index (κ1) is 11.7. The first-order valence-electron chi connectivity index (χ1n) is 6.64. The van der Waals surface area contributed by atoms with Gasteiger partial charge in [-0.15, -0.1) is 11.3 Å². The third-order valence-electron chi connectivity index (χ3n) is 3.77. The molecule has 19 heavy (non-hydrogen) atoms. The van der Waals surface area contributed by atoms with Crippen LogP contribution in [0.2, 0.25) is 5.15 Å². The van der Waals surface area contributed by atoms with Gasteiger partial charge in [-0.25, -0.2) is 9.97 Å². The van der Waals surface area contributed by atoms with E-state index in [-0.39, 0.29) is 0 Å². The molecule has 1 aliphatic heterocycles. The third-order valence-corrected chi connectivity index (χ3v) is 4.99. The zero-order chi connectivity index (χ0) is 12.8. The topological polar surface area (TPSA) is 29.0 Å². The summed E-state index contributed by atoms with van der Waals surface area (Å²) in [5.74, 6) is 2.45. The quantitative estimate of drug-likeness (QED) is 0.791. The lowest BCUT2D eigenvalue weighted by Crippen LogP contribution is -2.30. The normalized spacial score (nSPS) is 18.5. The van der Waals surface area contributed by atoms with E-state index in [0.29, 0.717) is 11.1 Å². The lowest BCUT2D eigenvalue weighted by Gasteiger charge is -2.28. The van der Waals surface area contributed by atoms with Gasteiger partial charge in [0, 0.05) is 30.0 Å². The Labute approximate surface area is 121 Å². The van der Waals surface area contributed by atoms with Crippen LogP contribution in [0.5, 0.6) is 0 Å². The van der Waals surface area contributed by atoms with Crippen LogP contribution in [0.1, 0.15) is 35.0 Å². The summed E-state index contributed by atoms with van der Waals surface area (Å²) >= 11 is 8.00. The van der Waals surface area contributed by atoms with Crippen molar-refractivity contribution in [2.24, 2.45) is 0 Å². The summed E-state index contributed by atoms with van der Waals surface area (Å²) in [5.41, 5.74) is 1.43. The molecule has 0 atom stereocenters. The summed E-state index contributed by atoms with van der Waals surface area (Å²) in [6, 6.07) is 4.11. The van der Waals surface area contributed by atoms with Crippen LogP contribution in [0.15, 0.2) is 17.5 Å². The van der Waals surface area contributed by atoms with Crippen LogP contribution in [0.4, 0.5) is 5.82 Å². The van der Waals surface area contributed by atoms with E-state index < -0.39 is 0 Å². The molecule has 0 spiro atoms. The van der Waals surface area contributed by atoms with Crippen molar-refractivity contribution in [3.05, 3.63) is 38.9 Å². The van der Waals surface area contributed by atoms with Crippen LogP contribution in [0.25, 0.3) is 0 Å². The maximum Gasteiger partial charge on any atom is 0.135 e. The summed E-state index contributed by atoms with van der Waals surface area (Å²) in [5, 5.41) is 2.75. The summed E-state index contributed by atoms with van der Waals surface area (Å²) < 4.78 is 0. The first-order valence-corrected chi connectivity index (χ1v) is 7.90. The molecule has 0 unspecified atom stereocenters. The monoisotopic (exact) mass is 291 g/mol. The number of thiophene rings is 1. The summed E-state index contributed by atoms with van der Waals surface area (Å²) in [6.45, 7) is 1.96. The highest BCUT2D eigenvalue weighted by Crippen LogP contribution is 2.39. The first-order chi connectivity index (χ1) is 9.29. The van der Waals surface area contributed by atoms with Crippen LogP contribution in [-0.4, -0.2) is 16.5 Å². The van der Waals surface area contributed by atoms with Gasteiger partial charge in [-0.05, 0) is 36.3 Å². The Morgan fingerprint density at radius 1 is 1.32 bits per heavy atom. The molecule has 0 bridgehead atoms. The summed E-state index contributed by atoms with van der Waals surface area (Å²) in [7, 11) is 0. The second kappa shape index (κ2) is 4.46. The maximum atomic E-state index is 6.14. The Balaban J connectivity index is 1.66. The molecule has 1 fully saturated rings. The summed E-state index contributed by atoms with van der Waals surface area (Å²) in [4.78, 5) is 12.9. The molecule has 98 valence electrons. The fraction of sp³-hybridized carbons (Fsp3) is 0.429. The van der Waals surface area contributed by atoms with Crippen LogP contribution in [-0.2, 0) is 13.0 Å². The molecule has 0 aromatic carbocycles. The third kappa shape index (κ3) is 2.23. The average molecular weight is 292 g/mol. The van der Waals surface area contributed by atoms with Crippen molar-refractivity contribution in [2.75, 3.05) is 11.4 Å². The number of hydrogen-bond acceptors (Lipinski definition) is 4. The molecule has 4 rings (SSSR count). The second-order valence-electron chi connectivity index (χ2n) is 5.22. The van der Waals surface area contributed by atoms with Gasteiger partial charge < -0.3 is 4.90 Å². The molecule has 2 aromatic rings. The van der Waals surface area contributed by atoms with Gasteiger partial charge in [-0.2, -0.15) is 0 Å². The minimum atomic E-state index is 0.541. The van der Waals surface area contributed by atoms with E-state index in [1.54, 1.807) is 0 Å². The zero-order valence-corrected chi connectivity index (χ0v) is 12.0. The highest BCUT2D eigenvalue weighted by molar-refractivity contribution is 7.10. The molecule has 3 heterocycles. The van der Waals surface area contributed by atoms with E-state index in [0.717, 1.165) is 31.2 Å². The van der Waals surface area contributed by atoms with Crippen molar-refractivity contribution in [2.45, 2.75) is 31.7 Å². The number of aromatic nitrogens is 2. The highest BCUT2D eigenvalue weighted by atomic mass is 35.5. The van der Waals surface area contributed by atoms with Gasteiger partial charge in [0.25, 0.3) is 0 Å². The lowest BCUT2D eigenvalue weighted by atomic mass is 10.1. The fourth-order valence-electron chi connectivity index (χ4n) is 2.55. The van der Waals surface area contributed by atoms with Crippen molar-refractivity contribution in [3.63, 3.8) is 0 Å². The smallest absolute Gasteiger partial charge is 0.135 e. The molecule has 0 N–H and O–H groups in total.